The van der Waals surface area contributed by atoms with Crippen LogP contribution >= 0.6 is 0 Å². The van der Waals surface area contributed by atoms with E-state index in [-0.39, 0.29) is 28.9 Å². The van der Waals surface area contributed by atoms with Gasteiger partial charge in [0, 0.05) is 24.6 Å². The van der Waals surface area contributed by atoms with Crippen molar-refractivity contribution >= 4 is 22.5 Å². The number of likely N-dealkylation sites (tertiary alicyclic amines) is 1. The van der Waals surface area contributed by atoms with E-state index in [0.29, 0.717) is 13.1 Å². The Kier molecular flexibility index (Phi) is 4.63. The SMILES string of the molecule is O=C(c1cccc2ccccc12)[C@H]1CCCN(C(=O)c2ccccc2O)C1. The Hall–Kier alpha value is -3.14. The van der Waals surface area contributed by atoms with Gasteiger partial charge in [-0.2, -0.15) is 0 Å². The second-order valence-corrected chi connectivity index (χ2v) is 7.00. The van der Waals surface area contributed by atoms with Crippen LogP contribution < -0.4 is 0 Å². The molecule has 0 saturated carbocycles. The first kappa shape index (κ1) is 17.3. The summed E-state index contributed by atoms with van der Waals surface area (Å²) in [6, 6.07) is 20.2. The zero-order chi connectivity index (χ0) is 18.8. The lowest BCUT2D eigenvalue weighted by molar-refractivity contribution is 0.0635. The maximum absolute atomic E-state index is 13.2. The Bertz CT molecular complexity index is 1010. The molecule has 1 aliphatic rings. The van der Waals surface area contributed by atoms with Crippen LogP contribution in [0.3, 0.4) is 0 Å². The summed E-state index contributed by atoms with van der Waals surface area (Å²) >= 11 is 0. The molecule has 0 bridgehead atoms. The number of para-hydroxylation sites is 1. The van der Waals surface area contributed by atoms with Crippen LogP contribution in [-0.2, 0) is 0 Å². The van der Waals surface area contributed by atoms with Crippen molar-refractivity contribution in [1.82, 2.24) is 4.90 Å². The van der Waals surface area contributed by atoms with Gasteiger partial charge in [0.25, 0.3) is 5.91 Å². The highest BCUT2D eigenvalue weighted by atomic mass is 16.3. The number of rotatable bonds is 3. The summed E-state index contributed by atoms with van der Waals surface area (Å²) in [5, 5.41) is 12.0. The lowest BCUT2D eigenvalue weighted by atomic mass is 9.87. The van der Waals surface area contributed by atoms with Crippen molar-refractivity contribution in [2.75, 3.05) is 13.1 Å². The molecule has 3 aromatic carbocycles. The monoisotopic (exact) mass is 359 g/mol. The predicted molar refractivity (Wildman–Crippen MR) is 105 cm³/mol. The highest BCUT2D eigenvalue weighted by Crippen LogP contribution is 2.27. The van der Waals surface area contributed by atoms with Crippen molar-refractivity contribution in [3.8, 4) is 5.75 Å². The Balaban J connectivity index is 1.58. The number of piperidine rings is 1. The van der Waals surface area contributed by atoms with Crippen molar-refractivity contribution in [1.29, 1.82) is 0 Å². The van der Waals surface area contributed by atoms with Gasteiger partial charge in [0.1, 0.15) is 5.75 Å². The smallest absolute Gasteiger partial charge is 0.257 e. The molecule has 0 radical (unpaired) electrons. The second-order valence-electron chi connectivity index (χ2n) is 7.00. The molecule has 4 rings (SSSR count). The summed E-state index contributed by atoms with van der Waals surface area (Å²) in [6.07, 6.45) is 1.55. The van der Waals surface area contributed by atoms with Crippen LogP contribution in [0.25, 0.3) is 10.8 Å². The Morgan fingerprint density at radius 2 is 1.59 bits per heavy atom. The van der Waals surface area contributed by atoms with Crippen molar-refractivity contribution in [3.05, 3.63) is 77.9 Å². The van der Waals surface area contributed by atoms with Crippen molar-refractivity contribution in [2.24, 2.45) is 5.92 Å². The van der Waals surface area contributed by atoms with E-state index in [2.05, 4.69) is 0 Å². The number of fused-ring (bicyclic) bond motifs is 1. The largest absolute Gasteiger partial charge is 0.507 e. The number of hydrogen-bond donors (Lipinski definition) is 1. The molecule has 1 aliphatic heterocycles. The van der Waals surface area contributed by atoms with Crippen LogP contribution in [-0.4, -0.2) is 34.8 Å². The van der Waals surface area contributed by atoms with Gasteiger partial charge in [0.15, 0.2) is 5.78 Å². The average Bonchev–Trinajstić information content (AvgIpc) is 2.73. The first-order chi connectivity index (χ1) is 13.1. The van der Waals surface area contributed by atoms with Gasteiger partial charge in [-0.05, 0) is 35.7 Å². The molecule has 1 saturated heterocycles. The molecule has 1 heterocycles. The van der Waals surface area contributed by atoms with E-state index < -0.39 is 0 Å². The number of hydrogen-bond acceptors (Lipinski definition) is 3. The zero-order valence-corrected chi connectivity index (χ0v) is 15.0. The summed E-state index contributed by atoms with van der Waals surface area (Å²) < 4.78 is 0. The van der Waals surface area contributed by atoms with Gasteiger partial charge in [0.2, 0.25) is 0 Å². The topological polar surface area (TPSA) is 57.6 Å². The highest BCUT2D eigenvalue weighted by molar-refractivity contribution is 6.09. The van der Waals surface area contributed by atoms with E-state index in [1.807, 2.05) is 42.5 Å². The number of carbonyl (C=O) groups excluding carboxylic acids is 2. The number of phenols is 1. The third-order valence-electron chi connectivity index (χ3n) is 5.27. The molecule has 1 atom stereocenters. The highest BCUT2D eigenvalue weighted by Gasteiger charge is 2.30. The normalized spacial score (nSPS) is 17.0. The van der Waals surface area contributed by atoms with Gasteiger partial charge < -0.3 is 10.0 Å². The fourth-order valence-electron chi connectivity index (χ4n) is 3.86. The Morgan fingerprint density at radius 3 is 2.44 bits per heavy atom. The molecule has 0 unspecified atom stereocenters. The number of benzene rings is 3. The standard InChI is InChI=1S/C23H21NO3/c25-21-13-4-3-11-20(21)23(27)24-14-6-9-17(15-24)22(26)19-12-5-8-16-7-1-2-10-18(16)19/h1-5,7-8,10-13,17,25H,6,9,14-15H2/t17-/m0/s1. The van der Waals surface area contributed by atoms with E-state index in [9.17, 15) is 14.7 Å². The van der Waals surface area contributed by atoms with E-state index in [0.717, 1.165) is 29.2 Å². The fraction of sp³-hybridized carbons (Fsp3) is 0.217. The predicted octanol–water partition coefficient (Wildman–Crippen LogP) is 4.28. The third-order valence-corrected chi connectivity index (χ3v) is 5.27. The molecule has 4 heteroatoms. The number of aromatic hydroxyl groups is 1. The summed E-state index contributed by atoms with van der Waals surface area (Å²) in [5.41, 5.74) is 1.01. The summed E-state index contributed by atoms with van der Waals surface area (Å²) in [4.78, 5) is 27.7. The number of Topliss-reactive ketones (excluding diaryl/α,β-unsaturated/α-hetero) is 1. The molecule has 0 aromatic heterocycles. The lowest BCUT2D eigenvalue weighted by Gasteiger charge is -2.32. The Labute approximate surface area is 158 Å². The van der Waals surface area contributed by atoms with E-state index >= 15 is 0 Å². The van der Waals surface area contributed by atoms with E-state index in [1.165, 1.54) is 6.07 Å². The van der Waals surface area contributed by atoms with Crippen LogP contribution in [0.1, 0.15) is 33.6 Å². The van der Waals surface area contributed by atoms with Crippen LogP contribution in [0, 0.1) is 5.92 Å². The van der Waals surface area contributed by atoms with Gasteiger partial charge >= 0.3 is 0 Å². The molecule has 1 N–H and O–H groups in total. The minimum atomic E-state index is -0.223. The molecule has 1 amide bonds. The average molecular weight is 359 g/mol. The van der Waals surface area contributed by atoms with E-state index in [4.69, 9.17) is 0 Å². The first-order valence-corrected chi connectivity index (χ1v) is 9.24. The fourth-order valence-corrected chi connectivity index (χ4v) is 3.86. The molecule has 1 fully saturated rings. The minimum Gasteiger partial charge on any atom is -0.507 e. The van der Waals surface area contributed by atoms with Gasteiger partial charge in [-0.15, -0.1) is 0 Å². The summed E-state index contributed by atoms with van der Waals surface area (Å²) in [7, 11) is 0. The summed E-state index contributed by atoms with van der Waals surface area (Å²) in [6.45, 7) is 0.988. The molecular formula is C23H21NO3. The molecule has 0 spiro atoms. The van der Waals surface area contributed by atoms with Gasteiger partial charge in [-0.1, -0.05) is 54.6 Å². The first-order valence-electron chi connectivity index (χ1n) is 9.24. The molecule has 27 heavy (non-hydrogen) atoms. The number of amides is 1. The molecular weight excluding hydrogens is 338 g/mol. The maximum atomic E-state index is 13.2. The van der Waals surface area contributed by atoms with E-state index in [1.54, 1.807) is 23.1 Å². The molecule has 4 nitrogen and oxygen atoms in total. The van der Waals surface area contributed by atoms with Crippen molar-refractivity contribution < 1.29 is 14.7 Å². The van der Waals surface area contributed by atoms with Crippen molar-refractivity contribution in [2.45, 2.75) is 12.8 Å². The number of ketones is 1. The maximum Gasteiger partial charge on any atom is 0.257 e. The number of phenolic OH excluding ortho intramolecular Hbond substituents is 1. The minimum absolute atomic E-state index is 0.0231. The van der Waals surface area contributed by atoms with Gasteiger partial charge in [0.05, 0.1) is 5.56 Å². The third kappa shape index (κ3) is 3.31. The van der Waals surface area contributed by atoms with Crippen LogP contribution in [0.5, 0.6) is 5.75 Å². The van der Waals surface area contributed by atoms with Crippen molar-refractivity contribution in [3.63, 3.8) is 0 Å². The number of carbonyl (C=O) groups is 2. The van der Waals surface area contributed by atoms with Crippen LogP contribution in [0.4, 0.5) is 0 Å². The number of nitrogens with zero attached hydrogens (tertiary/aromatic N) is 1. The van der Waals surface area contributed by atoms with Crippen LogP contribution in [0.15, 0.2) is 66.7 Å². The molecule has 0 aliphatic carbocycles. The van der Waals surface area contributed by atoms with Gasteiger partial charge in [-0.3, -0.25) is 9.59 Å². The zero-order valence-electron chi connectivity index (χ0n) is 15.0. The van der Waals surface area contributed by atoms with Crippen LogP contribution in [0.2, 0.25) is 0 Å². The Morgan fingerprint density at radius 1 is 0.889 bits per heavy atom. The lowest BCUT2D eigenvalue weighted by Crippen LogP contribution is -2.42. The van der Waals surface area contributed by atoms with Gasteiger partial charge in [-0.25, -0.2) is 0 Å². The molecule has 136 valence electrons. The molecule has 3 aromatic rings. The quantitative estimate of drug-likeness (QED) is 0.710. The summed E-state index contributed by atoms with van der Waals surface area (Å²) in [5.74, 6) is -0.380. The second kappa shape index (κ2) is 7.23.